The van der Waals surface area contributed by atoms with E-state index in [9.17, 15) is 9.59 Å². The number of aromatic carboxylic acids is 1. The van der Waals surface area contributed by atoms with Crippen molar-refractivity contribution in [3.8, 4) is 0 Å². The molecule has 0 spiro atoms. The van der Waals surface area contributed by atoms with Gasteiger partial charge in [-0.25, -0.2) is 4.79 Å². The predicted octanol–water partition coefficient (Wildman–Crippen LogP) is 0.124. The van der Waals surface area contributed by atoms with Gasteiger partial charge in [-0.2, -0.15) is 10.2 Å². The van der Waals surface area contributed by atoms with E-state index in [1.165, 1.54) is 22.8 Å². The van der Waals surface area contributed by atoms with E-state index in [-0.39, 0.29) is 11.3 Å². The van der Waals surface area contributed by atoms with Gasteiger partial charge < -0.3 is 10.0 Å². The van der Waals surface area contributed by atoms with E-state index in [0.717, 1.165) is 5.56 Å². The number of carboxylic acids is 1. The minimum absolute atomic E-state index is 0.0592. The molecular weight excluding hydrogens is 262 g/mol. The number of hydrogen-bond donors (Lipinski definition) is 1. The highest BCUT2D eigenvalue weighted by Crippen LogP contribution is 2.12. The Kier molecular flexibility index (Phi) is 3.55. The molecule has 0 saturated carbocycles. The zero-order valence-electron chi connectivity index (χ0n) is 11.4. The normalized spacial score (nSPS) is 10.6. The average molecular weight is 277 g/mol. The van der Waals surface area contributed by atoms with Gasteiger partial charge in [-0.1, -0.05) is 0 Å². The number of hydrogen-bond acceptors (Lipinski definition) is 4. The molecule has 0 aliphatic rings. The van der Waals surface area contributed by atoms with Gasteiger partial charge >= 0.3 is 5.97 Å². The lowest BCUT2D eigenvalue weighted by atomic mass is 10.2. The van der Waals surface area contributed by atoms with Crippen LogP contribution in [0.4, 0.5) is 0 Å². The standard InChI is InChI=1S/C12H15N5O3/c1-15(6-8-4-13-16(2)7-8)11(18)10-9(12(19)20)5-14-17(10)3/h4-5,7H,6H2,1-3H3,(H,19,20). The summed E-state index contributed by atoms with van der Waals surface area (Å²) in [5.74, 6) is -1.57. The molecule has 0 bridgehead atoms. The van der Waals surface area contributed by atoms with Crippen LogP contribution >= 0.6 is 0 Å². The fourth-order valence-corrected chi connectivity index (χ4v) is 1.93. The van der Waals surface area contributed by atoms with Crippen LogP contribution in [0.3, 0.4) is 0 Å². The molecule has 2 heterocycles. The van der Waals surface area contributed by atoms with Gasteiger partial charge in [0.1, 0.15) is 11.3 Å². The number of carbonyl (C=O) groups excluding carboxylic acids is 1. The Morgan fingerprint density at radius 2 is 2.00 bits per heavy atom. The van der Waals surface area contributed by atoms with Crippen molar-refractivity contribution >= 4 is 11.9 Å². The molecule has 106 valence electrons. The third-order valence-electron chi connectivity index (χ3n) is 2.90. The number of carbonyl (C=O) groups is 2. The molecule has 0 aromatic carbocycles. The maximum absolute atomic E-state index is 12.3. The van der Waals surface area contributed by atoms with Gasteiger partial charge in [0.2, 0.25) is 0 Å². The van der Waals surface area contributed by atoms with Gasteiger partial charge in [-0.05, 0) is 0 Å². The Labute approximate surface area is 115 Å². The molecule has 0 atom stereocenters. The minimum Gasteiger partial charge on any atom is -0.478 e. The van der Waals surface area contributed by atoms with E-state index in [0.29, 0.717) is 6.54 Å². The first-order valence-corrected chi connectivity index (χ1v) is 5.88. The molecule has 8 nitrogen and oxygen atoms in total. The molecule has 2 rings (SSSR count). The highest BCUT2D eigenvalue weighted by Gasteiger charge is 2.24. The van der Waals surface area contributed by atoms with Gasteiger partial charge in [0.05, 0.1) is 12.4 Å². The zero-order valence-corrected chi connectivity index (χ0v) is 11.4. The zero-order chi connectivity index (χ0) is 14.9. The molecule has 2 aromatic rings. The smallest absolute Gasteiger partial charge is 0.339 e. The van der Waals surface area contributed by atoms with Crippen molar-refractivity contribution in [2.45, 2.75) is 6.54 Å². The van der Waals surface area contributed by atoms with E-state index < -0.39 is 11.9 Å². The van der Waals surface area contributed by atoms with Crippen molar-refractivity contribution < 1.29 is 14.7 Å². The molecule has 0 fully saturated rings. The van der Waals surface area contributed by atoms with Gasteiger partial charge in [0.25, 0.3) is 5.91 Å². The molecule has 1 amide bonds. The summed E-state index contributed by atoms with van der Waals surface area (Å²) in [5.41, 5.74) is 0.821. The molecule has 1 N–H and O–H groups in total. The first-order chi connectivity index (χ1) is 9.40. The highest BCUT2D eigenvalue weighted by atomic mass is 16.4. The van der Waals surface area contributed by atoms with Crippen molar-refractivity contribution in [3.63, 3.8) is 0 Å². The third-order valence-corrected chi connectivity index (χ3v) is 2.90. The first kappa shape index (κ1) is 13.8. The van der Waals surface area contributed by atoms with Crippen LogP contribution in [0, 0.1) is 0 Å². The van der Waals surface area contributed by atoms with Crippen LogP contribution in [0.15, 0.2) is 18.6 Å². The van der Waals surface area contributed by atoms with Gasteiger partial charge in [0, 0.05) is 39.4 Å². The molecular formula is C12H15N5O3. The van der Waals surface area contributed by atoms with E-state index in [2.05, 4.69) is 10.2 Å². The first-order valence-electron chi connectivity index (χ1n) is 5.88. The van der Waals surface area contributed by atoms with Crippen LogP contribution in [0.25, 0.3) is 0 Å². The molecule has 0 aliphatic carbocycles. The summed E-state index contributed by atoms with van der Waals surface area (Å²) in [6.45, 7) is 0.344. The van der Waals surface area contributed by atoms with Crippen LogP contribution in [-0.2, 0) is 20.6 Å². The predicted molar refractivity (Wildman–Crippen MR) is 69.2 cm³/mol. The van der Waals surface area contributed by atoms with Crippen LogP contribution in [-0.4, -0.2) is 48.5 Å². The summed E-state index contributed by atoms with van der Waals surface area (Å²) in [7, 11) is 4.93. The Bertz CT molecular complexity index is 658. The number of amides is 1. The van der Waals surface area contributed by atoms with Gasteiger partial charge in [-0.15, -0.1) is 0 Å². The van der Waals surface area contributed by atoms with E-state index in [1.807, 2.05) is 0 Å². The van der Waals surface area contributed by atoms with E-state index >= 15 is 0 Å². The summed E-state index contributed by atoms with van der Waals surface area (Å²) in [6, 6.07) is 0. The molecule has 0 radical (unpaired) electrons. The largest absolute Gasteiger partial charge is 0.478 e. The second-order valence-electron chi connectivity index (χ2n) is 4.52. The quantitative estimate of drug-likeness (QED) is 0.857. The lowest BCUT2D eigenvalue weighted by molar-refractivity contribution is 0.0678. The van der Waals surface area contributed by atoms with Crippen molar-refractivity contribution in [2.24, 2.45) is 14.1 Å². The Morgan fingerprint density at radius 3 is 2.55 bits per heavy atom. The Balaban J connectivity index is 2.22. The summed E-state index contributed by atoms with van der Waals surface area (Å²) in [4.78, 5) is 24.9. The maximum atomic E-state index is 12.3. The number of rotatable bonds is 4. The lowest BCUT2D eigenvalue weighted by Crippen LogP contribution is -2.29. The van der Waals surface area contributed by atoms with E-state index in [1.54, 1.807) is 31.2 Å². The molecule has 0 saturated heterocycles. The van der Waals surface area contributed by atoms with Gasteiger partial charge in [-0.3, -0.25) is 14.2 Å². The van der Waals surface area contributed by atoms with Crippen molar-refractivity contribution in [3.05, 3.63) is 35.4 Å². The van der Waals surface area contributed by atoms with Crippen LogP contribution in [0.5, 0.6) is 0 Å². The molecule has 0 aliphatic heterocycles. The summed E-state index contributed by atoms with van der Waals surface area (Å²) in [6.07, 6.45) is 4.63. The minimum atomic E-state index is -1.17. The average Bonchev–Trinajstić information content (AvgIpc) is 2.94. The molecule has 2 aromatic heterocycles. The summed E-state index contributed by atoms with van der Waals surface area (Å²) in [5, 5.41) is 16.9. The number of aromatic nitrogens is 4. The monoisotopic (exact) mass is 277 g/mol. The summed E-state index contributed by atoms with van der Waals surface area (Å²) < 4.78 is 2.91. The fourth-order valence-electron chi connectivity index (χ4n) is 1.93. The molecule has 0 unspecified atom stereocenters. The van der Waals surface area contributed by atoms with Crippen molar-refractivity contribution in [1.29, 1.82) is 0 Å². The molecule has 8 heteroatoms. The number of carboxylic acid groups (broad SMARTS) is 1. The lowest BCUT2D eigenvalue weighted by Gasteiger charge is -2.16. The van der Waals surface area contributed by atoms with E-state index in [4.69, 9.17) is 5.11 Å². The fraction of sp³-hybridized carbons (Fsp3) is 0.333. The van der Waals surface area contributed by atoms with Gasteiger partial charge in [0.15, 0.2) is 0 Å². The Hall–Kier alpha value is -2.64. The van der Waals surface area contributed by atoms with Crippen molar-refractivity contribution in [2.75, 3.05) is 7.05 Å². The van der Waals surface area contributed by atoms with Crippen LogP contribution < -0.4 is 0 Å². The summed E-state index contributed by atoms with van der Waals surface area (Å²) >= 11 is 0. The van der Waals surface area contributed by atoms with Crippen LogP contribution in [0.2, 0.25) is 0 Å². The number of nitrogens with zero attached hydrogens (tertiary/aromatic N) is 5. The third kappa shape index (κ3) is 2.53. The Morgan fingerprint density at radius 1 is 1.30 bits per heavy atom. The molecule has 20 heavy (non-hydrogen) atoms. The maximum Gasteiger partial charge on any atom is 0.339 e. The SMILES string of the molecule is CN(Cc1cnn(C)c1)C(=O)c1c(C(=O)O)cnn1C. The topological polar surface area (TPSA) is 93.2 Å². The highest BCUT2D eigenvalue weighted by molar-refractivity contribution is 6.03. The number of aryl methyl sites for hydroxylation is 2. The van der Waals surface area contributed by atoms with Crippen molar-refractivity contribution in [1.82, 2.24) is 24.5 Å². The second kappa shape index (κ2) is 5.16. The van der Waals surface area contributed by atoms with Crippen LogP contribution in [0.1, 0.15) is 26.4 Å². The second-order valence-corrected chi connectivity index (χ2v) is 4.52.